The molecule has 0 aromatic rings. The van der Waals surface area contributed by atoms with Gasteiger partial charge in [0.1, 0.15) is 6.04 Å². The molecular weight excluding hydrogens is 568 g/mol. The lowest BCUT2D eigenvalue weighted by molar-refractivity contribution is -0.154. The molecule has 38 heavy (non-hydrogen) atoms. The van der Waals surface area contributed by atoms with Gasteiger partial charge in [-0.1, -0.05) is 61.7 Å². The van der Waals surface area contributed by atoms with Gasteiger partial charge in [0.05, 0.1) is 35.8 Å². The lowest BCUT2D eigenvalue weighted by Gasteiger charge is -2.41. The Morgan fingerprint density at radius 1 is 1.26 bits per heavy atom. The number of esters is 1. The molecule has 0 radical (unpaired) electrons. The molecule has 7 nitrogen and oxygen atoms in total. The monoisotopic (exact) mass is 612 g/mol. The summed E-state index contributed by atoms with van der Waals surface area (Å²) in [6.07, 6.45) is 9.60. The minimum atomic E-state index is -0.749. The number of alkyl halides is 1. The molecule has 1 spiro atoms. The number of unbranched alkanes of at least 4 members (excludes halogenated alkanes) is 4. The summed E-state index contributed by atoms with van der Waals surface area (Å²) in [4.78, 5) is 45.5. The molecule has 3 heterocycles. The lowest BCUT2D eigenvalue weighted by Crippen LogP contribution is -2.58. The molecule has 3 rings (SSSR count). The van der Waals surface area contributed by atoms with Crippen LogP contribution < -0.4 is 0 Å². The first kappa shape index (κ1) is 31.2. The maximum atomic E-state index is 14.4. The van der Waals surface area contributed by atoms with Gasteiger partial charge in [-0.3, -0.25) is 14.4 Å². The third kappa shape index (κ3) is 5.90. The average Bonchev–Trinajstić information content (AvgIpc) is 3.47. The van der Waals surface area contributed by atoms with E-state index in [2.05, 4.69) is 36.0 Å². The van der Waals surface area contributed by atoms with Crippen LogP contribution in [-0.2, 0) is 19.1 Å². The van der Waals surface area contributed by atoms with E-state index in [9.17, 15) is 19.5 Å². The van der Waals surface area contributed by atoms with Crippen LogP contribution in [0.1, 0.15) is 65.7 Å². The molecule has 7 atom stereocenters. The quantitative estimate of drug-likeness (QED) is 0.119. The molecule has 214 valence electrons. The number of hydrogen-bond acceptors (Lipinski definition) is 6. The minimum Gasteiger partial charge on any atom is -0.465 e. The van der Waals surface area contributed by atoms with Crippen LogP contribution in [0.25, 0.3) is 0 Å². The molecule has 0 saturated carbocycles. The van der Waals surface area contributed by atoms with Gasteiger partial charge in [0.2, 0.25) is 11.8 Å². The summed E-state index contributed by atoms with van der Waals surface area (Å²) >= 11 is 5.41. The van der Waals surface area contributed by atoms with Crippen molar-refractivity contribution in [3.05, 3.63) is 25.3 Å². The van der Waals surface area contributed by atoms with E-state index in [1.165, 1.54) is 0 Å². The number of hydrogen-bond donors (Lipinski definition) is 1. The second-order valence-corrected chi connectivity index (χ2v) is 13.9. The lowest BCUT2D eigenvalue weighted by atomic mass is 9.71. The van der Waals surface area contributed by atoms with E-state index >= 15 is 0 Å². The zero-order valence-corrected chi connectivity index (χ0v) is 25.6. The fraction of sp³-hybridized carbons (Fsp3) is 0.759. The number of amides is 2. The number of fused-ring (bicyclic) bond motifs is 1. The molecule has 1 N–H and O–H groups in total. The van der Waals surface area contributed by atoms with Crippen molar-refractivity contribution >= 4 is 45.5 Å². The Morgan fingerprint density at radius 2 is 2.00 bits per heavy atom. The zero-order chi connectivity index (χ0) is 28.0. The fourth-order valence-electron chi connectivity index (χ4n) is 6.43. The molecule has 0 aromatic carbocycles. The number of aliphatic hydroxyl groups is 1. The highest BCUT2D eigenvalue weighted by Gasteiger charge is 2.76. The molecule has 0 aromatic heterocycles. The van der Waals surface area contributed by atoms with E-state index in [0.29, 0.717) is 26.1 Å². The first-order valence-corrected chi connectivity index (χ1v) is 15.9. The summed E-state index contributed by atoms with van der Waals surface area (Å²) in [6, 6.07) is -1.26. The average molecular weight is 614 g/mol. The maximum absolute atomic E-state index is 14.4. The van der Waals surface area contributed by atoms with Gasteiger partial charge < -0.3 is 19.6 Å². The summed E-state index contributed by atoms with van der Waals surface area (Å²) in [5.41, 5.74) is 0. The van der Waals surface area contributed by atoms with Crippen LogP contribution in [0.4, 0.5) is 0 Å². The van der Waals surface area contributed by atoms with Crippen molar-refractivity contribution in [2.75, 3.05) is 26.3 Å². The van der Waals surface area contributed by atoms with Crippen LogP contribution in [-0.4, -0.2) is 85.9 Å². The van der Waals surface area contributed by atoms with Crippen molar-refractivity contribution in [1.82, 2.24) is 9.80 Å². The third-order valence-corrected chi connectivity index (χ3v) is 11.5. The molecule has 3 aliphatic rings. The molecule has 3 aliphatic heterocycles. The van der Waals surface area contributed by atoms with Crippen molar-refractivity contribution in [1.29, 1.82) is 0 Å². The number of thioether (sulfide) groups is 1. The highest BCUT2D eigenvalue weighted by atomic mass is 79.9. The van der Waals surface area contributed by atoms with Gasteiger partial charge in [0.15, 0.2) is 0 Å². The molecular formula is C29H45BrN2O5S. The Balaban J connectivity index is 1.98. The number of likely N-dealkylation sites (tertiary alicyclic amines) is 1. The summed E-state index contributed by atoms with van der Waals surface area (Å²) in [6.45, 7) is 14.7. The van der Waals surface area contributed by atoms with Crippen molar-refractivity contribution in [3.8, 4) is 0 Å². The first-order valence-electron chi connectivity index (χ1n) is 14.1. The van der Waals surface area contributed by atoms with Crippen LogP contribution in [0.2, 0.25) is 0 Å². The van der Waals surface area contributed by atoms with E-state index in [4.69, 9.17) is 4.74 Å². The SMILES string of the molecule is C=CCCCCOC(=O)[C@H]1[C@H]2C(=O)N([C@@H](CO)C(C)C)C(C(=O)N(CC=C)CCCCC)C23CC(Br)[C@@H]1S3. The Morgan fingerprint density at radius 3 is 2.61 bits per heavy atom. The molecule has 3 saturated heterocycles. The van der Waals surface area contributed by atoms with E-state index in [1.54, 1.807) is 22.7 Å². The zero-order valence-electron chi connectivity index (χ0n) is 23.1. The number of carbonyl (C=O) groups is 3. The topological polar surface area (TPSA) is 87.1 Å². The van der Waals surface area contributed by atoms with E-state index < -0.39 is 28.7 Å². The number of aliphatic hydroxyl groups excluding tert-OH is 1. The summed E-state index contributed by atoms with van der Waals surface area (Å²) in [5, 5.41) is 10.2. The molecule has 0 aliphatic carbocycles. The number of ether oxygens (including phenoxy) is 1. The maximum Gasteiger partial charge on any atom is 0.310 e. The highest BCUT2D eigenvalue weighted by Crippen LogP contribution is 2.68. The molecule has 2 amide bonds. The molecule has 3 unspecified atom stereocenters. The summed E-state index contributed by atoms with van der Waals surface area (Å²) in [5.74, 6) is -1.98. The van der Waals surface area contributed by atoms with Crippen molar-refractivity contribution in [3.63, 3.8) is 0 Å². The predicted octanol–water partition coefficient (Wildman–Crippen LogP) is 4.57. The number of allylic oxidation sites excluding steroid dienone is 1. The molecule has 9 heteroatoms. The van der Waals surface area contributed by atoms with Crippen molar-refractivity contribution in [2.45, 2.75) is 92.6 Å². The second kappa shape index (κ2) is 13.8. The third-order valence-electron chi connectivity index (χ3n) is 8.29. The van der Waals surface area contributed by atoms with Gasteiger partial charge in [-0.05, 0) is 38.0 Å². The first-order chi connectivity index (χ1) is 18.2. The largest absolute Gasteiger partial charge is 0.465 e. The van der Waals surface area contributed by atoms with Crippen molar-refractivity contribution in [2.24, 2.45) is 17.8 Å². The van der Waals surface area contributed by atoms with Gasteiger partial charge in [-0.25, -0.2) is 0 Å². The Hall–Kier alpha value is -1.32. The number of nitrogens with zero attached hydrogens (tertiary/aromatic N) is 2. The predicted molar refractivity (Wildman–Crippen MR) is 156 cm³/mol. The van der Waals surface area contributed by atoms with Crippen LogP contribution >= 0.6 is 27.7 Å². The molecule has 2 bridgehead atoms. The van der Waals surface area contributed by atoms with Gasteiger partial charge >= 0.3 is 5.97 Å². The summed E-state index contributed by atoms with van der Waals surface area (Å²) < 4.78 is 4.96. The van der Waals surface area contributed by atoms with Crippen LogP contribution in [0.5, 0.6) is 0 Å². The highest BCUT2D eigenvalue weighted by molar-refractivity contribution is 9.09. The Labute approximate surface area is 240 Å². The van der Waals surface area contributed by atoms with E-state index in [1.807, 2.05) is 24.8 Å². The Bertz CT molecular complexity index is 885. The minimum absolute atomic E-state index is 0.00955. The number of halogens is 1. The van der Waals surface area contributed by atoms with E-state index in [0.717, 1.165) is 38.5 Å². The van der Waals surface area contributed by atoms with Gasteiger partial charge in [0.25, 0.3) is 0 Å². The number of carbonyl (C=O) groups excluding carboxylic acids is 3. The van der Waals surface area contributed by atoms with Crippen molar-refractivity contribution < 1.29 is 24.2 Å². The number of rotatable bonds is 16. The summed E-state index contributed by atoms with van der Waals surface area (Å²) in [7, 11) is 0. The van der Waals surface area contributed by atoms with Crippen LogP contribution in [0.15, 0.2) is 25.3 Å². The van der Waals surface area contributed by atoms with Crippen LogP contribution in [0.3, 0.4) is 0 Å². The molecule has 3 fully saturated rings. The van der Waals surface area contributed by atoms with Crippen LogP contribution in [0, 0.1) is 17.8 Å². The smallest absolute Gasteiger partial charge is 0.310 e. The van der Waals surface area contributed by atoms with Gasteiger partial charge in [0, 0.05) is 23.2 Å². The van der Waals surface area contributed by atoms with Gasteiger partial charge in [-0.2, -0.15) is 0 Å². The standard InChI is InChI=1S/C29H45BrN2O5S/c1-6-9-11-13-16-37-28(36)22-23-26(34)32(21(18-33)19(4)5)25(29(23)17-20(30)24(22)38-29)27(35)31(14-8-3)15-12-10-7-2/h6,8,19-25,33H,1,3,7,9-18H2,2,4-5H3/t20?,21-,22-,23-,24-,25?,29?/m0/s1. The normalized spacial score (nSPS) is 30.4. The second-order valence-electron chi connectivity index (χ2n) is 11.1. The van der Waals surface area contributed by atoms with Gasteiger partial charge in [-0.15, -0.1) is 24.9 Å². The Kier molecular flexibility index (Phi) is 11.4. The fourth-order valence-corrected chi connectivity index (χ4v) is 10.0. The van der Waals surface area contributed by atoms with E-state index in [-0.39, 0.29) is 40.4 Å².